The van der Waals surface area contributed by atoms with Crippen LogP contribution < -0.4 is 0 Å². The smallest absolute Gasteiger partial charge is 0.309 e. The number of aliphatic hydroxyl groups excluding tert-OH is 1. The van der Waals surface area contributed by atoms with Gasteiger partial charge in [-0.15, -0.1) is 0 Å². The van der Waals surface area contributed by atoms with Crippen LogP contribution in [0, 0.1) is 0 Å². The van der Waals surface area contributed by atoms with Gasteiger partial charge in [-0.3, -0.25) is 14.4 Å². The van der Waals surface area contributed by atoms with Gasteiger partial charge in [-0.25, -0.2) is 0 Å². The third-order valence-corrected chi connectivity index (χ3v) is 6.20. The standard InChI is InChI=1S/C28H52O7/c1-4-7-10-12-15-18-24(21-26(30)31)34-28(33)22-25(19-16-13-11-8-5-2)35-27(32)20-23(29)17-14-9-6-3/h23-25,29H,4-22H2,1-3H3,(H,30,31). The highest BCUT2D eigenvalue weighted by Crippen LogP contribution is 2.18. The lowest BCUT2D eigenvalue weighted by atomic mass is 10.0. The Morgan fingerprint density at radius 1 is 0.571 bits per heavy atom. The minimum atomic E-state index is -0.993. The average Bonchev–Trinajstić information content (AvgIpc) is 2.78. The normalized spacial score (nSPS) is 13.7. The van der Waals surface area contributed by atoms with Crippen molar-refractivity contribution in [2.24, 2.45) is 0 Å². The molecule has 3 unspecified atom stereocenters. The van der Waals surface area contributed by atoms with Crippen molar-refractivity contribution in [3.8, 4) is 0 Å². The minimum Gasteiger partial charge on any atom is -0.481 e. The zero-order valence-electron chi connectivity index (χ0n) is 22.6. The summed E-state index contributed by atoms with van der Waals surface area (Å²) in [6.07, 6.45) is 12.5. The first-order valence-electron chi connectivity index (χ1n) is 14.1. The van der Waals surface area contributed by atoms with Crippen molar-refractivity contribution in [2.75, 3.05) is 0 Å². The third kappa shape index (κ3) is 21.4. The highest BCUT2D eigenvalue weighted by molar-refractivity contribution is 5.73. The van der Waals surface area contributed by atoms with Crippen LogP contribution in [0.4, 0.5) is 0 Å². The van der Waals surface area contributed by atoms with Crippen LogP contribution in [0.15, 0.2) is 0 Å². The molecule has 0 aromatic rings. The van der Waals surface area contributed by atoms with E-state index in [0.717, 1.165) is 83.5 Å². The summed E-state index contributed by atoms with van der Waals surface area (Å²) in [6, 6.07) is 0. The fourth-order valence-corrected chi connectivity index (χ4v) is 4.13. The molecule has 0 saturated heterocycles. The second-order valence-electron chi connectivity index (χ2n) is 9.79. The monoisotopic (exact) mass is 500 g/mol. The molecule has 3 atom stereocenters. The minimum absolute atomic E-state index is 0.0789. The second kappa shape index (κ2) is 22.8. The molecule has 0 fully saturated rings. The summed E-state index contributed by atoms with van der Waals surface area (Å²) >= 11 is 0. The summed E-state index contributed by atoms with van der Waals surface area (Å²) in [5.74, 6) is -2.02. The van der Waals surface area contributed by atoms with Gasteiger partial charge in [-0.05, 0) is 32.1 Å². The largest absolute Gasteiger partial charge is 0.481 e. The maximum Gasteiger partial charge on any atom is 0.309 e. The molecule has 0 aromatic heterocycles. The Balaban J connectivity index is 4.81. The first kappa shape index (κ1) is 33.4. The highest BCUT2D eigenvalue weighted by atomic mass is 16.6. The number of aliphatic hydroxyl groups is 1. The molecule has 0 saturated carbocycles. The van der Waals surface area contributed by atoms with Gasteiger partial charge >= 0.3 is 17.9 Å². The summed E-state index contributed by atoms with van der Waals surface area (Å²) < 4.78 is 11.1. The van der Waals surface area contributed by atoms with Crippen LogP contribution in [-0.2, 0) is 23.9 Å². The van der Waals surface area contributed by atoms with Crippen LogP contribution in [0.1, 0.15) is 143 Å². The predicted octanol–water partition coefficient (Wildman–Crippen LogP) is 6.73. The lowest BCUT2D eigenvalue weighted by molar-refractivity contribution is -0.160. The maximum absolute atomic E-state index is 12.6. The molecule has 0 spiro atoms. The van der Waals surface area contributed by atoms with E-state index < -0.39 is 36.2 Å². The first-order valence-corrected chi connectivity index (χ1v) is 14.1. The second-order valence-corrected chi connectivity index (χ2v) is 9.79. The molecular formula is C28H52O7. The lowest BCUT2D eigenvalue weighted by Crippen LogP contribution is -2.28. The topological polar surface area (TPSA) is 110 Å². The highest BCUT2D eigenvalue weighted by Gasteiger charge is 2.24. The van der Waals surface area contributed by atoms with Crippen LogP contribution in [-0.4, -0.2) is 46.4 Å². The molecular weight excluding hydrogens is 448 g/mol. The summed E-state index contributed by atoms with van der Waals surface area (Å²) in [4.78, 5) is 36.3. The molecule has 0 aromatic carbocycles. The van der Waals surface area contributed by atoms with E-state index in [9.17, 15) is 24.6 Å². The molecule has 2 N–H and O–H groups in total. The van der Waals surface area contributed by atoms with E-state index in [4.69, 9.17) is 9.47 Å². The Hall–Kier alpha value is -1.63. The first-order chi connectivity index (χ1) is 16.8. The van der Waals surface area contributed by atoms with Crippen LogP contribution in [0.2, 0.25) is 0 Å². The summed E-state index contributed by atoms with van der Waals surface area (Å²) in [5, 5.41) is 19.3. The van der Waals surface area contributed by atoms with E-state index >= 15 is 0 Å². The molecule has 0 aliphatic rings. The quantitative estimate of drug-likeness (QED) is 0.112. The number of carbonyl (C=O) groups excluding carboxylic acids is 2. The van der Waals surface area contributed by atoms with Gasteiger partial charge in [0, 0.05) is 0 Å². The number of aliphatic carboxylic acids is 1. The Labute approximate surface area is 213 Å². The van der Waals surface area contributed by atoms with Crippen molar-refractivity contribution in [1.29, 1.82) is 0 Å². The van der Waals surface area contributed by atoms with Gasteiger partial charge in [0.25, 0.3) is 0 Å². The van der Waals surface area contributed by atoms with Crippen LogP contribution in [0.3, 0.4) is 0 Å². The number of carbonyl (C=O) groups is 3. The van der Waals surface area contributed by atoms with E-state index in [1.807, 2.05) is 0 Å². The van der Waals surface area contributed by atoms with Crippen molar-refractivity contribution in [2.45, 2.75) is 161 Å². The number of ether oxygens (including phenoxy) is 2. The van der Waals surface area contributed by atoms with E-state index in [1.165, 1.54) is 0 Å². The molecule has 0 aliphatic heterocycles. The van der Waals surface area contributed by atoms with Gasteiger partial charge in [-0.2, -0.15) is 0 Å². The molecule has 35 heavy (non-hydrogen) atoms. The van der Waals surface area contributed by atoms with Crippen molar-refractivity contribution in [3.05, 3.63) is 0 Å². The molecule has 0 amide bonds. The molecule has 0 radical (unpaired) electrons. The van der Waals surface area contributed by atoms with Crippen molar-refractivity contribution in [3.63, 3.8) is 0 Å². The zero-order valence-corrected chi connectivity index (χ0v) is 22.6. The Morgan fingerprint density at radius 3 is 1.46 bits per heavy atom. The number of unbranched alkanes of at least 4 members (excludes halogenated alkanes) is 10. The number of hydrogen-bond acceptors (Lipinski definition) is 6. The predicted molar refractivity (Wildman–Crippen MR) is 138 cm³/mol. The van der Waals surface area contributed by atoms with E-state index in [1.54, 1.807) is 0 Å². The van der Waals surface area contributed by atoms with Gasteiger partial charge in [-0.1, -0.05) is 91.4 Å². The number of carboxylic acid groups (broad SMARTS) is 1. The SMILES string of the molecule is CCCCCCCC(CC(=O)O)OC(=O)CC(CCCCCCC)OC(=O)CC(O)CCCCC. The Morgan fingerprint density at radius 2 is 0.971 bits per heavy atom. The van der Waals surface area contributed by atoms with Crippen LogP contribution >= 0.6 is 0 Å². The molecule has 206 valence electrons. The number of esters is 2. The fourth-order valence-electron chi connectivity index (χ4n) is 4.13. The van der Waals surface area contributed by atoms with E-state index in [2.05, 4.69) is 20.8 Å². The molecule has 0 aliphatic carbocycles. The summed E-state index contributed by atoms with van der Waals surface area (Å²) in [7, 11) is 0. The molecule has 7 nitrogen and oxygen atoms in total. The Kier molecular flexibility index (Phi) is 21.7. The van der Waals surface area contributed by atoms with Crippen molar-refractivity contribution in [1.82, 2.24) is 0 Å². The number of hydrogen-bond donors (Lipinski definition) is 2. The van der Waals surface area contributed by atoms with Crippen LogP contribution in [0.25, 0.3) is 0 Å². The van der Waals surface area contributed by atoms with Gasteiger partial charge in [0.2, 0.25) is 0 Å². The van der Waals surface area contributed by atoms with Crippen molar-refractivity contribution >= 4 is 17.9 Å². The Bertz CT molecular complexity index is 549. The molecule has 0 heterocycles. The van der Waals surface area contributed by atoms with Gasteiger partial charge in [0.15, 0.2) is 0 Å². The number of carboxylic acids is 1. The molecule has 0 bridgehead atoms. The fraction of sp³-hybridized carbons (Fsp3) is 0.893. The average molecular weight is 501 g/mol. The van der Waals surface area contributed by atoms with E-state index in [-0.39, 0.29) is 19.3 Å². The summed E-state index contributed by atoms with van der Waals surface area (Å²) in [6.45, 7) is 6.36. The zero-order chi connectivity index (χ0) is 26.3. The van der Waals surface area contributed by atoms with Crippen molar-refractivity contribution < 1.29 is 34.1 Å². The third-order valence-electron chi connectivity index (χ3n) is 6.20. The van der Waals surface area contributed by atoms with Crippen LogP contribution in [0.5, 0.6) is 0 Å². The van der Waals surface area contributed by atoms with Gasteiger partial charge in [0.05, 0.1) is 25.4 Å². The van der Waals surface area contributed by atoms with Gasteiger partial charge in [0.1, 0.15) is 12.2 Å². The molecule has 0 rings (SSSR count). The number of rotatable bonds is 24. The van der Waals surface area contributed by atoms with E-state index in [0.29, 0.717) is 19.3 Å². The summed E-state index contributed by atoms with van der Waals surface area (Å²) in [5.41, 5.74) is 0. The van der Waals surface area contributed by atoms with Gasteiger partial charge < -0.3 is 19.7 Å². The lowest BCUT2D eigenvalue weighted by Gasteiger charge is -2.21. The maximum atomic E-state index is 12.6. The molecule has 7 heteroatoms.